The van der Waals surface area contributed by atoms with Gasteiger partial charge >= 0.3 is 18.0 Å². The zero-order valence-corrected chi connectivity index (χ0v) is 16.4. The van der Waals surface area contributed by atoms with Crippen LogP contribution in [0.3, 0.4) is 0 Å². The zero-order chi connectivity index (χ0) is 20.1. The number of imide groups is 1. The molecule has 0 aromatic heterocycles. The fourth-order valence-corrected chi connectivity index (χ4v) is 2.99. The van der Waals surface area contributed by atoms with Gasteiger partial charge in [0.1, 0.15) is 6.04 Å². The van der Waals surface area contributed by atoms with Gasteiger partial charge in [0.2, 0.25) is 5.91 Å². The van der Waals surface area contributed by atoms with Crippen LogP contribution in [0.15, 0.2) is 30.3 Å². The normalized spacial score (nSPS) is 18.4. The van der Waals surface area contributed by atoms with E-state index >= 15 is 0 Å². The minimum atomic E-state index is -1.29. The largest absolute Gasteiger partial charge is 0.480 e. The van der Waals surface area contributed by atoms with E-state index in [4.69, 9.17) is 0 Å². The maximum Gasteiger partial charge on any atom is 0.328 e. The first-order chi connectivity index (χ1) is 12.7. The van der Waals surface area contributed by atoms with Gasteiger partial charge in [-0.15, -0.1) is 12.4 Å². The Labute approximate surface area is 168 Å². The van der Waals surface area contributed by atoms with E-state index < -0.39 is 42.0 Å². The molecule has 0 bridgehead atoms. The molecule has 28 heavy (non-hydrogen) atoms. The summed E-state index contributed by atoms with van der Waals surface area (Å²) in [4.78, 5) is 49.4. The summed E-state index contributed by atoms with van der Waals surface area (Å²) in [6.45, 7) is 1.31. The van der Waals surface area contributed by atoms with Gasteiger partial charge in [0.05, 0.1) is 12.6 Å². The molecule has 1 aliphatic rings. The van der Waals surface area contributed by atoms with Gasteiger partial charge in [-0.05, 0) is 25.3 Å². The van der Waals surface area contributed by atoms with E-state index in [1.807, 2.05) is 30.3 Å². The maximum absolute atomic E-state index is 12.6. The quantitative estimate of drug-likeness (QED) is 0.575. The van der Waals surface area contributed by atoms with Crippen LogP contribution in [-0.2, 0) is 20.8 Å². The first-order valence-electron chi connectivity index (χ1n) is 8.56. The number of urea groups is 1. The molecule has 1 aromatic carbocycles. The number of hydrogen-bond donors (Lipinski definition) is 3. The Morgan fingerprint density at radius 3 is 2.36 bits per heavy atom. The lowest BCUT2D eigenvalue weighted by Gasteiger charge is -2.25. The smallest absolute Gasteiger partial charge is 0.328 e. The number of likely N-dealkylation sites (N-methyl/N-ethyl adjacent to an activating group) is 1. The molecule has 10 heteroatoms. The molecule has 1 heterocycles. The number of amides is 3. The lowest BCUT2D eigenvalue weighted by Crippen LogP contribution is -2.54. The number of halogens is 1. The second-order valence-corrected chi connectivity index (χ2v) is 6.53. The van der Waals surface area contributed by atoms with Crippen LogP contribution in [0.25, 0.3) is 0 Å². The molecular weight excluding hydrogens is 390 g/mol. The summed E-state index contributed by atoms with van der Waals surface area (Å²) in [6.07, 6.45) is 0.738. The van der Waals surface area contributed by atoms with Gasteiger partial charge in [0, 0.05) is 7.05 Å². The third-order valence-corrected chi connectivity index (χ3v) is 4.50. The van der Waals surface area contributed by atoms with E-state index in [1.54, 1.807) is 0 Å². The molecule has 0 aliphatic carbocycles. The Morgan fingerprint density at radius 2 is 1.82 bits per heavy atom. The molecule has 1 fully saturated rings. The number of nitrogens with zero attached hydrogens (tertiary/aromatic N) is 2. The SMILES string of the molecule is C[C@H](N[C@@H](CCc1ccccc1)C(=O)O)C(=O)N1C(=O)N(C)C[C@H]1C(=O)O.Cl. The number of nitrogens with one attached hydrogen (secondary N) is 1. The molecule has 0 saturated carbocycles. The van der Waals surface area contributed by atoms with E-state index in [-0.39, 0.29) is 25.4 Å². The van der Waals surface area contributed by atoms with E-state index in [1.165, 1.54) is 14.0 Å². The number of carbonyl (C=O) groups excluding carboxylic acids is 2. The summed E-state index contributed by atoms with van der Waals surface area (Å²) >= 11 is 0. The molecule has 154 valence electrons. The topological polar surface area (TPSA) is 127 Å². The number of aryl methyl sites for hydroxylation is 1. The van der Waals surface area contributed by atoms with Crippen LogP contribution >= 0.6 is 12.4 Å². The minimum Gasteiger partial charge on any atom is -0.480 e. The number of carboxylic acids is 2. The van der Waals surface area contributed by atoms with Crippen molar-refractivity contribution < 1.29 is 29.4 Å². The van der Waals surface area contributed by atoms with Crippen LogP contribution in [0.5, 0.6) is 0 Å². The fraction of sp³-hybridized carbons (Fsp3) is 0.444. The Bertz CT molecular complexity index is 729. The van der Waals surface area contributed by atoms with Gasteiger partial charge in [0.15, 0.2) is 6.04 Å². The molecule has 0 radical (unpaired) electrons. The number of aliphatic carboxylic acids is 2. The minimum absolute atomic E-state index is 0. The summed E-state index contributed by atoms with van der Waals surface area (Å²) in [5, 5.41) is 21.4. The van der Waals surface area contributed by atoms with Crippen LogP contribution in [0.2, 0.25) is 0 Å². The van der Waals surface area contributed by atoms with Gasteiger partial charge in [-0.25, -0.2) is 14.5 Å². The van der Waals surface area contributed by atoms with E-state index in [2.05, 4.69) is 5.32 Å². The summed E-state index contributed by atoms with van der Waals surface area (Å²) < 4.78 is 0. The van der Waals surface area contributed by atoms with E-state index in [0.717, 1.165) is 10.5 Å². The molecular formula is C18H24ClN3O6. The highest BCUT2D eigenvalue weighted by Gasteiger charge is 2.45. The highest BCUT2D eigenvalue weighted by molar-refractivity contribution is 6.02. The van der Waals surface area contributed by atoms with Gasteiger partial charge < -0.3 is 15.1 Å². The molecule has 9 nitrogen and oxygen atoms in total. The standard InChI is InChI=1S/C18H23N3O6.ClH/c1-11(15(22)21-14(17(25)26)10-20(2)18(21)27)19-13(16(23)24)9-8-12-6-4-3-5-7-12;/h3-7,11,13-14,19H,8-10H2,1-2H3,(H,23,24)(H,25,26);1H/t11-,13-,14-;/m0./s1. The van der Waals surface area contributed by atoms with Crippen molar-refractivity contribution in [1.82, 2.24) is 15.1 Å². The lowest BCUT2D eigenvalue weighted by molar-refractivity contribution is -0.147. The number of benzene rings is 1. The Morgan fingerprint density at radius 1 is 1.21 bits per heavy atom. The summed E-state index contributed by atoms with van der Waals surface area (Å²) in [7, 11) is 1.41. The monoisotopic (exact) mass is 413 g/mol. The third kappa shape index (κ3) is 5.43. The predicted octanol–water partition coefficient (Wildman–Crippen LogP) is 0.820. The van der Waals surface area contributed by atoms with Gasteiger partial charge in [0.25, 0.3) is 0 Å². The summed E-state index contributed by atoms with van der Waals surface area (Å²) in [5.41, 5.74) is 0.965. The van der Waals surface area contributed by atoms with Gasteiger partial charge in [-0.2, -0.15) is 0 Å². The molecule has 3 atom stereocenters. The van der Waals surface area contributed by atoms with Crippen molar-refractivity contribution in [2.75, 3.05) is 13.6 Å². The molecule has 3 N–H and O–H groups in total. The van der Waals surface area contributed by atoms with Crippen molar-refractivity contribution in [2.45, 2.75) is 37.9 Å². The van der Waals surface area contributed by atoms with E-state index in [9.17, 15) is 29.4 Å². The Hall–Kier alpha value is -2.65. The maximum atomic E-state index is 12.6. The molecule has 1 saturated heterocycles. The average Bonchev–Trinajstić information content (AvgIpc) is 2.93. The van der Waals surface area contributed by atoms with Crippen molar-refractivity contribution in [1.29, 1.82) is 0 Å². The van der Waals surface area contributed by atoms with Gasteiger partial charge in [-0.1, -0.05) is 30.3 Å². The third-order valence-electron chi connectivity index (χ3n) is 4.50. The molecule has 2 rings (SSSR count). The highest BCUT2D eigenvalue weighted by atomic mass is 35.5. The zero-order valence-electron chi connectivity index (χ0n) is 15.6. The Kier molecular flexibility index (Phi) is 8.39. The van der Waals surface area contributed by atoms with Crippen LogP contribution in [0.1, 0.15) is 18.9 Å². The van der Waals surface area contributed by atoms with Crippen molar-refractivity contribution in [3.63, 3.8) is 0 Å². The van der Waals surface area contributed by atoms with Crippen molar-refractivity contribution in [3.05, 3.63) is 35.9 Å². The Balaban J connectivity index is 0.00000392. The first-order valence-corrected chi connectivity index (χ1v) is 8.56. The van der Waals surface area contributed by atoms with E-state index in [0.29, 0.717) is 11.3 Å². The molecule has 1 aromatic rings. The number of rotatable bonds is 8. The second-order valence-electron chi connectivity index (χ2n) is 6.53. The van der Waals surface area contributed by atoms with Crippen molar-refractivity contribution in [2.24, 2.45) is 0 Å². The van der Waals surface area contributed by atoms with Crippen molar-refractivity contribution >= 4 is 36.3 Å². The number of carbonyl (C=O) groups is 4. The van der Waals surface area contributed by atoms with Crippen LogP contribution in [0.4, 0.5) is 4.79 Å². The highest BCUT2D eigenvalue weighted by Crippen LogP contribution is 2.17. The summed E-state index contributed by atoms with van der Waals surface area (Å²) in [5.74, 6) is -3.17. The second kappa shape index (κ2) is 10.0. The first kappa shape index (κ1) is 23.4. The summed E-state index contributed by atoms with van der Waals surface area (Å²) in [6, 6.07) is 5.29. The molecule has 3 amide bonds. The fourth-order valence-electron chi connectivity index (χ4n) is 2.99. The van der Waals surface area contributed by atoms with Crippen molar-refractivity contribution in [3.8, 4) is 0 Å². The molecule has 0 unspecified atom stereocenters. The van der Waals surface area contributed by atoms with Crippen LogP contribution < -0.4 is 5.32 Å². The van der Waals surface area contributed by atoms with Crippen LogP contribution in [-0.4, -0.2) is 75.6 Å². The molecule has 0 spiro atoms. The average molecular weight is 414 g/mol. The van der Waals surface area contributed by atoms with Crippen LogP contribution in [0, 0.1) is 0 Å². The van der Waals surface area contributed by atoms with Gasteiger partial charge in [-0.3, -0.25) is 14.9 Å². The molecule has 1 aliphatic heterocycles. The number of carboxylic acid groups (broad SMARTS) is 2. The predicted molar refractivity (Wildman–Crippen MR) is 102 cm³/mol. The lowest BCUT2D eigenvalue weighted by atomic mass is 10.0. The number of hydrogen-bond acceptors (Lipinski definition) is 5.